The first-order chi connectivity index (χ1) is 13.2. The first kappa shape index (κ1) is 17.0. The van der Waals surface area contributed by atoms with Crippen LogP contribution in [-0.4, -0.2) is 43.0 Å². The predicted octanol–water partition coefficient (Wildman–Crippen LogP) is 1.17. The minimum atomic E-state index is -0.249. The van der Waals surface area contributed by atoms with Gasteiger partial charge in [0.2, 0.25) is 5.91 Å². The highest BCUT2D eigenvalue weighted by Gasteiger charge is 2.31. The van der Waals surface area contributed by atoms with Crippen molar-refractivity contribution >= 4 is 11.8 Å². The normalized spacial score (nSPS) is 16.0. The van der Waals surface area contributed by atoms with Crippen LogP contribution < -0.4 is 5.32 Å². The molecule has 0 spiro atoms. The van der Waals surface area contributed by atoms with E-state index in [9.17, 15) is 9.59 Å². The molecular weight excluding hydrogens is 348 g/mol. The quantitative estimate of drug-likeness (QED) is 0.726. The zero-order valence-corrected chi connectivity index (χ0v) is 14.5. The number of carbonyl (C=O) groups is 2. The van der Waals surface area contributed by atoms with Crippen molar-refractivity contribution in [2.75, 3.05) is 6.54 Å². The molecule has 0 saturated carbocycles. The summed E-state index contributed by atoms with van der Waals surface area (Å²) in [5.74, 6) is 0.342. The number of carbonyl (C=O) groups excluding carboxylic acids is 2. The molecule has 9 nitrogen and oxygen atoms in total. The Morgan fingerprint density at radius 3 is 2.96 bits per heavy atom. The molecule has 0 aromatic carbocycles. The third kappa shape index (κ3) is 3.71. The van der Waals surface area contributed by atoms with Crippen molar-refractivity contribution in [3.63, 3.8) is 0 Å². The van der Waals surface area contributed by atoms with Crippen LogP contribution in [0.5, 0.6) is 0 Å². The van der Waals surface area contributed by atoms with E-state index in [-0.39, 0.29) is 30.0 Å². The van der Waals surface area contributed by atoms with Gasteiger partial charge in [-0.05, 0) is 18.2 Å². The molecule has 1 atom stereocenters. The van der Waals surface area contributed by atoms with E-state index in [1.165, 1.54) is 18.6 Å². The van der Waals surface area contributed by atoms with Gasteiger partial charge in [-0.2, -0.15) is 5.10 Å². The summed E-state index contributed by atoms with van der Waals surface area (Å²) in [6.07, 6.45) is 7.90. The Hall–Kier alpha value is -3.49. The topological polar surface area (TPSA) is 106 Å². The van der Waals surface area contributed by atoms with Gasteiger partial charge in [-0.3, -0.25) is 19.3 Å². The number of nitrogens with one attached hydrogen (secondary N) is 1. The zero-order valence-electron chi connectivity index (χ0n) is 14.5. The molecule has 0 radical (unpaired) electrons. The van der Waals surface area contributed by atoms with Crippen LogP contribution in [0.2, 0.25) is 0 Å². The van der Waals surface area contributed by atoms with Gasteiger partial charge in [0.1, 0.15) is 11.5 Å². The third-order valence-corrected chi connectivity index (χ3v) is 4.41. The lowest BCUT2D eigenvalue weighted by molar-refractivity contribution is -0.122. The Morgan fingerprint density at radius 2 is 2.19 bits per heavy atom. The van der Waals surface area contributed by atoms with Gasteiger partial charge in [-0.1, -0.05) is 0 Å². The smallest absolute Gasteiger partial charge is 0.274 e. The molecule has 0 fully saturated rings. The van der Waals surface area contributed by atoms with Gasteiger partial charge in [0.25, 0.3) is 5.91 Å². The highest BCUT2D eigenvalue weighted by atomic mass is 16.3. The number of hydrogen-bond acceptors (Lipinski definition) is 6. The monoisotopic (exact) mass is 366 g/mol. The standard InChI is InChI=1S/C18H18N6O3/c25-17(21-9-15-2-1-7-27-15)8-14-12-23(11-13-3-4-22-24(13)14)18(26)16-10-19-5-6-20-16/h1-7,10,14H,8-9,11-12H2,(H,21,25)/t14-/m0/s1. The largest absolute Gasteiger partial charge is 0.467 e. The van der Waals surface area contributed by atoms with E-state index < -0.39 is 0 Å². The molecule has 0 unspecified atom stereocenters. The van der Waals surface area contributed by atoms with Crippen molar-refractivity contribution in [2.24, 2.45) is 0 Å². The van der Waals surface area contributed by atoms with Crippen molar-refractivity contribution in [1.82, 2.24) is 30.0 Å². The molecule has 9 heteroatoms. The van der Waals surface area contributed by atoms with E-state index in [1.807, 2.05) is 10.7 Å². The molecule has 138 valence electrons. The lowest BCUT2D eigenvalue weighted by atomic mass is 10.1. The lowest BCUT2D eigenvalue weighted by Gasteiger charge is -2.33. The van der Waals surface area contributed by atoms with E-state index in [0.29, 0.717) is 25.4 Å². The van der Waals surface area contributed by atoms with Gasteiger partial charge < -0.3 is 14.6 Å². The van der Waals surface area contributed by atoms with Crippen molar-refractivity contribution in [3.05, 3.63) is 66.4 Å². The summed E-state index contributed by atoms with van der Waals surface area (Å²) in [6.45, 7) is 1.12. The van der Waals surface area contributed by atoms with E-state index >= 15 is 0 Å². The van der Waals surface area contributed by atoms with Gasteiger partial charge in [-0.15, -0.1) is 0 Å². The molecule has 0 aliphatic carbocycles. The summed E-state index contributed by atoms with van der Waals surface area (Å²) in [6, 6.07) is 5.17. The SMILES string of the molecule is O=C(C[C@H]1CN(C(=O)c2cnccn2)Cc2ccnn21)NCc1ccco1. The second kappa shape index (κ2) is 7.40. The number of hydrogen-bond donors (Lipinski definition) is 1. The minimum absolute atomic E-state index is 0.133. The maximum Gasteiger partial charge on any atom is 0.274 e. The van der Waals surface area contributed by atoms with Gasteiger partial charge in [0.15, 0.2) is 0 Å². The molecule has 27 heavy (non-hydrogen) atoms. The van der Waals surface area contributed by atoms with E-state index in [1.54, 1.807) is 29.5 Å². The van der Waals surface area contributed by atoms with Crippen molar-refractivity contribution < 1.29 is 14.0 Å². The number of amides is 2. The maximum absolute atomic E-state index is 12.7. The van der Waals surface area contributed by atoms with Crippen LogP contribution in [0.25, 0.3) is 0 Å². The summed E-state index contributed by atoms with van der Waals surface area (Å²) in [4.78, 5) is 34.8. The van der Waals surface area contributed by atoms with Crippen LogP contribution in [-0.2, 0) is 17.9 Å². The van der Waals surface area contributed by atoms with E-state index in [2.05, 4.69) is 20.4 Å². The third-order valence-electron chi connectivity index (χ3n) is 4.41. The fourth-order valence-electron chi connectivity index (χ4n) is 3.15. The predicted molar refractivity (Wildman–Crippen MR) is 93.2 cm³/mol. The van der Waals surface area contributed by atoms with Gasteiger partial charge in [-0.25, -0.2) is 4.98 Å². The molecular formula is C18H18N6O3. The van der Waals surface area contributed by atoms with Crippen LogP contribution >= 0.6 is 0 Å². The summed E-state index contributed by atoms with van der Waals surface area (Å²) in [5, 5.41) is 7.15. The molecule has 0 bridgehead atoms. The van der Waals surface area contributed by atoms with Crippen LogP contribution in [0, 0.1) is 0 Å². The van der Waals surface area contributed by atoms with Crippen LogP contribution in [0.15, 0.2) is 53.7 Å². The summed E-state index contributed by atoms with van der Waals surface area (Å²) in [7, 11) is 0. The molecule has 4 rings (SSSR count). The molecule has 1 aliphatic rings. The number of rotatable bonds is 5. The fourth-order valence-corrected chi connectivity index (χ4v) is 3.15. The van der Waals surface area contributed by atoms with Gasteiger partial charge in [0.05, 0.1) is 43.7 Å². The second-order valence-electron chi connectivity index (χ2n) is 6.26. The number of aromatic nitrogens is 4. The Morgan fingerprint density at radius 1 is 1.26 bits per heavy atom. The number of nitrogens with zero attached hydrogens (tertiary/aromatic N) is 5. The Balaban J connectivity index is 1.45. The average Bonchev–Trinajstić information content (AvgIpc) is 3.38. The van der Waals surface area contributed by atoms with Crippen LogP contribution in [0.1, 0.15) is 34.4 Å². The second-order valence-corrected chi connectivity index (χ2v) is 6.26. The highest BCUT2D eigenvalue weighted by molar-refractivity contribution is 5.92. The molecule has 1 aliphatic heterocycles. The Bertz CT molecular complexity index is 922. The molecule has 1 N–H and O–H groups in total. The van der Waals surface area contributed by atoms with Crippen molar-refractivity contribution in [2.45, 2.75) is 25.6 Å². The Kier molecular flexibility index (Phi) is 4.65. The Labute approximate surface area is 155 Å². The molecule has 3 aromatic heterocycles. The summed E-state index contributed by atoms with van der Waals surface area (Å²) < 4.78 is 7.03. The van der Waals surface area contributed by atoms with Crippen LogP contribution in [0.3, 0.4) is 0 Å². The van der Waals surface area contributed by atoms with E-state index in [0.717, 1.165) is 5.69 Å². The summed E-state index contributed by atoms with van der Waals surface area (Å²) in [5.41, 5.74) is 1.16. The highest BCUT2D eigenvalue weighted by Crippen LogP contribution is 2.24. The first-order valence-corrected chi connectivity index (χ1v) is 8.57. The van der Waals surface area contributed by atoms with Crippen molar-refractivity contribution in [3.8, 4) is 0 Å². The van der Waals surface area contributed by atoms with Gasteiger partial charge in [0, 0.05) is 25.1 Å². The maximum atomic E-state index is 12.7. The summed E-state index contributed by atoms with van der Waals surface area (Å²) >= 11 is 0. The average molecular weight is 366 g/mol. The van der Waals surface area contributed by atoms with Crippen LogP contribution in [0.4, 0.5) is 0 Å². The number of fused-ring (bicyclic) bond motifs is 1. The fraction of sp³-hybridized carbons (Fsp3) is 0.278. The van der Waals surface area contributed by atoms with Gasteiger partial charge >= 0.3 is 0 Å². The molecule has 2 amide bonds. The molecule has 4 heterocycles. The zero-order chi connectivity index (χ0) is 18.6. The van der Waals surface area contributed by atoms with Crippen molar-refractivity contribution in [1.29, 1.82) is 0 Å². The molecule has 0 saturated heterocycles. The lowest BCUT2D eigenvalue weighted by Crippen LogP contribution is -2.43. The minimum Gasteiger partial charge on any atom is -0.467 e. The first-order valence-electron chi connectivity index (χ1n) is 8.57. The van der Waals surface area contributed by atoms with E-state index in [4.69, 9.17) is 4.42 Å². The molecule has 3 aromatic rings. The number of furan rings is 1.